The van der Waals surface area contributed by atoms with Gasteiger partial charge in [0.2, 0.25) is 0 Å². The molecule has 0 aromatic carbocycles. The second-order valence-corrected chi connectivity index (χ2v) is 4.00. The van der Waals surface area contributed by atoms with Gasteiger partial charge < -0.3 is 4.90 Å². The smallest absolute Gasteiger partial charge is 0.154 e. The van der Waals surface area contributed by atoms with Crippen LogP contribution in [0.25, 0.3) is 0 Å². The summed E-state index contributed by atoms with van der Waals surface area (Å²) in [7, 11) is 0. The first-order chi connectivity index (χ1) is 5.38. The topological polar surface area (TPSA) is 15.6 Å². The van der Waals surface area contributed by atoms with Gasteiger partial charge in [-0.2, -0.15) is 4.40 Å². The zero-order valence-electron chi connectivity index (χ0n) is 5.83. The number of nitrogens with zero attached hydrogens (tertiary/aromatic N) is 2. The first-order valence-corrected chi connectivity index (χ1v) is 5.12. The molecule has 0 fully saturated rings. The molecule has 11 heavy (non-hydrogen) atoms. The van der Waals surface area contributed by atoms with Crippen molar-refractivity contribution >= 4 is 33.7 Å². The van der Waals surface area contributed by atoms with Gasteiger partial charge in [0, 0.05) is 18.5 Å². The van der Waals surface area contributed by atoms with Crippen molar-refractivity contribution in [2.45, 2.75) is 0 Å². The molecule has 0 radical (unpaired) electrons. The first-order valence-electron chi connectivity index (χ1n) is 3.39. The number of hydrogen-bond donors (Lipinski definition) is 0. The Labute approximate surface area is 78.3 Å². The molecular formula is C7H7BrN2S. The predicted molar refractivity (Wildman–Crippen MR) is 52.7 cm³/mol. The van der Waals surface area contributed by atoms with Crippen LogP contribution in [-0.4, -0.2) is 23.0 Å². The SMILES string of the molecule is BrC1=CC=CN2CCSN=C12. The normalized spacial score (nSPS) is 22.5. The highest BCUT2D eigenvalue weighted by molar-refractivity contribution is 9.12. The van der Waals surface area contributed by atoms with Gasteiger partial charge in [0.25, 0.3) is 0 Å². The van der Waals surface area contributed by atoms with Crippen LogP contribution in [0, 0.1) is 0 Å². The molecule has 0 N–H and O–H groups in total. The summed E-state index contributed by atoms with van der Waals surface area (Å²) in [5, 5.41) is 0. The van der Waals surface area contributed by atoms with E-state index in [1.54, 1.807) is 11.9 Å². The van der Waals surface area contributed by atoms with Crippen LogP contribution >= 0.6 is 27.9 Å². The van der Waals surface area contributed by atoms with E-state index in [1.807, 2.05) is 12.2 Å². The van der Waals surface area contributed by atoms with Gasteiger partial charge in [0.05, 0.1) is 4.48 Å². The highest BCUT2D eigenvalue weighted by Crippen LogP contribution is 2.23. The van der Waals surface area contributed by atoms with E-state index in [0.717, 1.165) is 22.6 Å². The van der Waals surface area contributed by atoms with Gasteiger partial charge in [-0.1, -0.05) is 0 Å². The fourth-order valence-corrected chi connectivity index (χ4v) is 2.32. The molecule has 0 atom stereocenters. The average molecular weight is 231 g/mol. The maximum atomic E-state index is 4.33. The van der Waals surface area contributed by atoms with Crippen LogP contribution in [0.5, 0.6) is 0 Å². The number of halogens is 1. The minimum absolute atomic E-state index is 1.05. The van der Waals surface area contributed by atoms with E-state index in [-0.39, 0.29) is 0 Å². The second-order valence-electron chi connectivity index (χ2n) is 2.30. The maximum Gasteiger partial charge on any atom is 0.154 e. The number of allylic oxidation sites excluding steroid dienone is 2. The molecule has 58 valence electrons. The summed E-state index contributed by atoms with van der Waals surface area (Å²) in [4.78, 5) is 2.15. The Morgan fingerprint density at radius 1 is 1.64 bits per heavy atom. The molecule has 0 aliphatic carbocycles. The van der Waals surface area contributed by atoms with Crippen molar-refractivity contribution in [3.05, 3.63) is 22.8 Å². The Bertz CT molecular complexity index is 257. The van der Waals surface area contributed by atoms with Crippen LogP contribution in [0.15, 0.2) is 27.2 Å². The minimum Gasteiger partial charge on any atom is -0.331 e. The summed E-state index contributed by atoms with van der Waals surface area (Å²) in [6.07, 6.45) is 6.10. The van der Waals surface area contributed by atoms with Crippen molar-refractivity contribution in [3.8, 4) is 0 Å². The maximum absolute atomic E-state index is 4.33. The van der Waals surface area contributed by atoms with Crippen LogP contribution in [0.2, 0.25) is 0 Å². The van der Waals surface area contributed by atoms with Crippen LogP contribution in [-0.2, 0) is 0 Å². The molecule has 0 amide bonds. The molecule has 0 spiro atoms. The number of fused-ring (bicyclic) bond motifs is 1. The lowest BCUT2D eigenvalue weighted by Gasteiger charge is -2.26. The van der Waals surface area contributed by atoms with E-state index < -0.39 is 0 Å². The van der Waals surface area contributed by atoms with Gasteiger partial charge in [-0.15, -0.1) is 0 Å². The van der Waals surface area contributed by atoms with Crippen molar-refractivity contribution in [2.75, 3.05) is 12.3 Å². The largest absolute Gasteiger partial charge is 0.331 e. The fourth-order valence-electron chi connectivity index (χ4n) is 1.04. The highest BCUT2D eigenvalue weighted by Gasteiger charge is 2.17. The standard InChI is InChI=1S/C7H7BrN2S/c8-6-2-1-3-10-4-5-11-9-7(6)10/h1-3H,4-5H2. The third-order valence-electron chi connectivity index (χ3n) is 1.57. The molecule has 4 heteroatoms. The van der Waals surface area contributed by atoms with E-state index in [0.29, 0.717) is 0 Å². The van der Waals surface area contributed by atoms with Crippen molar-refractivity contribution in [1.29, 1.82) is 0 Å². The van der Waals surface area contributed by atoms with E-state index in [2.05, 4.69) is 31.4 Å². The van der Waals surface area contributed by atoms with Gasteiger partial charge in [-0.25, -0.2) is 0 Å². The molecule has 0 saturated heterocycles. The van der Waals surface area contributed by atoms with E-state index >= 15 is 0 Å². The average Bonchev–Trinajstić information content (AvgIpc) is 2.06. The summed E-state index contributed by atoms with van der Waals surface area (Å²) < 4.78 is 5.40. The van der Waals surface area contributed by atoms with E-state index in [4.69, 9.17) is 0 Å². The summed E-state index contributed by atoms with van der Waals surface area (Å²) in [6, 6.07) is 0. The fraction of sp³-hybridized carbons (Fsp3) is 0.286. The highest BCUT2D eigenvalue weighted by atomic mass is 79.9. The molecule has 2 aliphatic rings. The molecule has 0 aromatic rings. The van der Waals surface area contributed by atoms with E-state index in [9.17, 15) is 0 Å². The lowest BCUT2D eigenvalue weighted by molar-refractivity contribution is 0.591. The van der Waals surface area contributed by atoms with Crippen molar-refractivity contribution in [2.24, 2.45) is 4.40 Å². The molecule has 2 rings (SSSR count). The van der Waals surface area contributed by atoms with Crippen LogP contribution in [0.1, 0.15) is 0 Å². The zero-order valence-corrected chi connectivity index (χ0v) is 8.23. The zero-order chi connectivity index (χ0) is 7.68. The number of hydrogen-bond acceptors (Lipinski definition) is 3. The predicted octanol–water partition coefficient (Wildman–Crippen LogP) is 2.15. The summed E-state index contributed by atoms with van der Waals surface area (Å²) in [6.45, 7) is 1.06. The van der Waals surface area contributed by atoms with Gasteiger partial charge in [0.15, 0.2) is 5.84 Å². The molecule has 0 aromatic heterocycles. The van der Waals surface area contributed by atoms with Crippen molar-refractivity contribution < 1.29 is 0 Å². The monoisotopic (exact) mass is 230 g/mol. The Morgan fingerprint density at radius 2 is 2.55 bits per heavy atom. The molecule has 0 unspecified atom stereocenters. The van der Waals surface area contributed by atoms with Crippen molar-refractivity contribution in [1.82, 2.24) is 4.90 Å². The Balaban J connectivity index is 2.34. The van der Waals surface area contributed by atoms with Gasteiger partial charge in [-0.3, -0.25) is 0 Å². The minimum atomic E-state index is 1.05. The van der Waals surface area contributed by atoms with Crippen LogP contribution in [0.3, 0.4) is 0 Å². The Morgan fingerprint density at radius 3 is 3.36 bits per heavy atom. The van der Waals surface area contributed by atoms with Gasteiger partial charge in [-0.05, 0) is 40.0 Å². The molecule has 2 heterocycles. The molecule has 0 bridgehead atoms. The molecule has 2 nitrogen and oxygen atoms in total. The van der Waals surface area contributed by atoms with Gasteiger partial charge in [0.1, 0.15) is 0 Å². The Kier molecular flexibility index (Phi) is 2.05. The Hall–Kier alpha value is -0.220. The summed E-state index contributed by atoms with van der Waals surface area (Å²) in [5.74, 6) is 2.12. The van der Waals surface area contributed by atoms with Crippen LogP contribution < -0.4 is 0 Å². The number of amidine groups is 1. The van der Waals surface area contributed by atoms with Crippen LogP contribution in [0.4, 0.5) is 0 Å². The van der Waals surface area contributed by atoms with E-state index in [1.165, 1.54) is 0 Å². The lowest BCUT2D eigenvalue weighted by Crippen LogP contribution is -2.31. The third-order valence-corrected chi connectivity index (χ3v) is 2.85. The van der Waals surface area contributed by atoms with Crippen molar-refractivity contribution in [3.63, 3.8) is 0 Å². The summed E-state index contributed by atoms with van der Waals surface area (Å²) >= 11 is 5.08. The second kappa shape index (κ2) is 3.03. The quantitative estimate of drug-likeness (QED) is 0.593. The first kappa shape index (κ1) is 7.43. The van der Waals surface area contributed by atoms with Gasteiger partial charge >= 0.3 is 0 Å². The molecule has 2 aliphatic heterocycles. The number of rotatable bonds is 0. The molecular weight excluding hydrogens is 224 g/mol. The third kappa shape index (κ3) is 1.37. The lowest BCUT2D eigenvalue weighted by atomic mass is 10.3. The summed E-state index contributed by atoms with van der Waals surface area (Å²) in [5.41, 5.74) is 0. The molecule has 0 saturated carbocycles.